The number of nitrogens with one attached hydrogen (secondary N) is 1. The molecule has 0 fully saturated rings. The number of phenols is 1. The Morgan fingerprint density at radius 3 is 2.55 bits per heavy atom. The molecule has 2 nitrogen and oxygen atoms in total. The lowest BCUT2D eigenvalue weighted by Crippen LogP contribution is -2.30. The predicted molar refractivity (Wildman–Crippen MR) is 84.3 cm³/mol. The van der Waals surface area contributed by atoms with E-state index >= 15 is 0 Å². The molecule has 106 valence electrons. The van der Waals surface area contributed by atoms with Gasteiger partial charge in [-0.25, -0.2) is 0 Å². The van der Waals surface area contributed by atoms with Crippen molar-refractivity contribution in [1.29, 1.82) is 0 Å². The van der Waals surface area contributed by atoms with Gasteiger partial charge in [0.1, 0.15) is 5.75 Å². The maximum Gasteiger partial charge on any atom is 0.120 e. The lowest BCUT2D eigenvalue weighted by molar-refractivity contribution is 0.433. The molecular weight excluding hydrogens is 270 g/mol. The summed E-state index contributed by atoms with van der Waals surface area (Å²) in [7, 11) is 0. The second-order valence-corrected chi connectivity index (χ2v) is 5.62. The molecule has 0 spiro atoms. The van der Waals surface area contributed by atoms with E-state index in [1.807, 2.05) is 36.4 Å². The Kier molecular flexibility index (Phi) is 5.05. The monoisotopic (exact) mass is 289 g/mol. The van der Waals surface area contributed by atoms with Crippen LogP contribution in [0.15, 0.2) is 48.5 Å². The zero-order chi connectivity index (χ0) is 14.5. The first-order valence-electron chi connectivity index (χ1n) is 6.84. The standard InChI is InChI=1S/C17H20ClNO/c1-12(10-14-6-5-7-15(18)11-14)19-13(2)16-8-3-4-9-17(16)20/h3-9,11-13,19-20H,10H2,1-2H3. The van der Waals surface area contributed by atoms with Crippen LogP contribution >= 0.6 is 11.6 Å². The fraction of sp³-hybridized carbons (Fsp3) is 0.294. The van der Waals surface area contributed by atoms with Crippen LogP contribution in [-0.2, 0) is 6.42 Å². The van der Waals surface area contributed by atoms with E-state index in [4.69, 9.17) is 11.6 Å². The molecular formula is C17H20ClNO. The lowest BCUT2D eigenvalue weighted by atomic mass is 10.0. The minimum atomic E-state index is 0.102. The number of aromatic hydroxyl groups is 1. The summed E-state index contributed by atoms with van der Waals surface area (Å²) in [5.74, 6) is 0.336. The second kappa shape index (κ2) is 6.78. The molecule has 2 unspecified atom stereocenters. The normalized spacial score (nSPS) is 13.9. The van der Waals surface area contributed by atoms with Crippen LogP contribution in [0.4, 0.5) is 0 Å². The Hall–Kier alpha value is -1.51. The highest BCUT2D eigenvalue weighted by Crippen LogP contribution is 2.23. The van der Waals surface area contributed by atoms with Gasteiger partial charge < -0.3 is 10.4 Å². The second-order valence-electron chi connectivity index (χ2n) is 5.18. The molecule has 0 heterocycles. The molecule has 2 N–H and O–H groups in total. The molecule has 0 saturated heterocycles. The zero-order valence-electron chi connectivity index (χ0n) is 11.8. The molecule has 2 rings (SSSR count). The third-order valence-electron chi connectivity index (χ3n) is 3.37. The summed E-state index contributed by atoms with van der Waals surface area (Å²) in [5, 5.41) is 14.1. The fourth-order valence-corrected chi connectivity index (χ4v) is 2.66. The van der Waals surface area contributed by atoms with Gasteiger partial charge in [0, 0.05) is 22.7 Å². The molecule has 0 bridgehead atoms. The molecule has 0 aliphatic carbocycles. The highest BCUT2D eigenvalue weighted by Gasteiger charge is 2.12. The van der Waals surface area contributed by atoms with Gasteiger partial charge in [-0.05, 0) is 44.0 Å². The molecule has 2 aromatic carbocycles. The summed E-state index contributed by atoms with van der Waals surface area (Å²) in [6.45, 7) is 4.20. The third kappa shape index (κ3) is 3.99. The van der Waals surface area contributed by atoms with Crippen LogP contribution in [0, 0.1) is 0 Å². The van der Waals surface area contributed by atoms with Crippen molar-refractivity contribution in [2.24, 2.45) is 0 Å². The van der Waals surface area contributed by atoms with Crippen LogP contribution in [0.5, 0.6) is 5.75 Å². The van der Waals surface area contributed by atoms with Crippen LogP contribution in [0.25, 0.3) is 0 Å². The number of rotatable bonds is 5. The minimum Gasteiger partial charge on any atom is -0.508 e. The Bertz CT molecular complexity index is 570. The van der Waals surface area contributed by atoms with Crippen LogP contribution in [0.1, 0.15) is 31.0 Å². The molecule has 0 aliphatic heterocycles. The highest BCUT2D eigenvalue weighted by atomic mass is 35.5. The Labute approximate surface area is 125 Å². The van der Waals surface area contributed by atoms with E-state index in [-0.39, 0.29) is 6.04 Å². The highest BCUT2D eigenvalue weighted by molar-refractivity contribution is 6.30. The van der Waals surface area contributed by atoms with Crippen molar-refractivity contribution in [3.8, 4) is 5.75 Å². The maximum absolute atomic E-state index is 9.86. The van der Waals surface area contributed by atoms with Gasteiger partial charge in [-0.3, -0.25) is 0 Å². The zero-order valence-corrected chi connectivity index (χ0v) is 12.6. The molecule has 2 aromatic rings. The van der Waals surface area contributed by atoms with Crippen molar-refractivity contribution in [3.05, 3.63) is 64.7 Å². The number of phenolic OH excluding ortho intramolecular Hbond substituents is 1. The van der Waals surface area contributed by atoms with E-state index in [2.05, 4.69) is 25.2 Å². The van der Waals surface area contributed by atoms with E-state index in [1.54, 1.807) is 6.07 Å². The third-order valence-corrected chi connectivity index (χ3v) is 3.60. The number of para-hydroxylation sites is 1. The van der Waals surface area contributed by atoms with Gasteiger partial charge in [-0.2, -0.15) is 0 Å². The summed E-state index contributed by atoms with van der Waals surface area (Å²) in [5.41, 5.74) is 2.13. The van der Waals surface area contributed by atoms with Gasteiger partial charge >= 0.3 is 0 Å². The van der Waals surface area contributed by atoms with Crippen LogP contribution in [-0.4, -0.2) is 11.1 Å². The van der Waals surface area contributed by atoms with Crippen molar-refractivity contribution in [1.82, 2.24) is 5.32 Å². The van der Waals surface area contributed by atoms with E-state index in [0.717, 1.165) is 17.0 Å². The molecule has 0 saturated carbocycles. The average Bonchev–Trinajstić information content (AvgIpc) is 2.38. The van der Waals surface area contributed by atoms with Crippen molar-refractivity contribution < 1.29 is 5.11 Å². The van der Waals surface area contributed by atoms with E-state index in [9.17, 15) is 5.11 Å². The molecule has 0 aromatic heterocycles. The average molecular weight is 290 g/mol. The van der Waals surface area contributed by atoms with Crippen LogP contribution in [0.2, 0.25) is 5.02 Å². The van der Waals surface area contributed by atoms with E-state index in [1.165, 1.54) is 5.56 Å². The summed E-state index contributed by atoms with van der Waals surface area (Å²) < 4.78 is 0. The first kappa shape index (κ1) is 14.9. The van der Waals surface area contributed by atoms with Gasteiger partial charge in [0.15, 0.2) is 0 Å². The largest absolute Gasteiger partial charge is 0.508 e. The number of benzene rings is 2. The number of halogens is 1. The van der Waals surface area contributed by atoms with Gasteiger partial charge in [-0.1, -0.05) is 41.9 Å². The van der Waals surface area contributed by atoms with Crippen molar-refractivity contribution in [2.45, 2.75) is 32.4 Å². The summed E-state index contributed by atoms with van der Waals surface area (Å²) in [6.07, 6.45) is 0.901. The Morgan fingerprint density at radius 2 is 1.85 bits per heavy atom. The smallest absolute Gasteiger partial charge is 0.120 e. The van der Waals surface area contributed by atoms with E-state index < -0.39 is 0 Å². The predicted octanol–water partition coefficient (Wildman–Crippen LogP) is 4.33. The SMILES string of the molecule is CC(Cc1cccc(Cl)c1)NC(C)c1ccccc1O. The lowest BCUT2D eigenvalue weighted by Gasteiger charge is -2.21. The molecule has 3 heteroatoms. The molecule has 2 atom stereocenters. The summed E-state index contributed by atoms with van der Waals surface area (Å²) >= 11 is 6.00. The number of hydrogen-bond donors (Lipinski definition) is 2. The quantitative estimate of drug-likeness (QED) is 0.859. The minimum absolute atomic E-state index is 0.102. The molecule has 0 aliphatic rings. The summed E-state index contributed by atoms with van der Waals surface area (Å²) in [6, 6.07) is 15.8. The molecule has 0 amide bonds. The van der Waals surface area contributed by atoms with Gasteiger partial charge in [0.25, 0.3) is 0 Å². The maximum atomic E-state index is 9.86. The van der Waals surface area contributed by atoms with Crippen LogP contribution in [0.3, 0.4) is 0 Å². The first-order chi connectivity index (χ1) is 9.56. The first-order valence-corrected chi connectivity index (χ1v) is 7.22. The summed E-state index contributed by atoms with van der Waals surface area (Å²) in [4.78, 5) is 0. The molecule has 20 heavy (non-hydrogen) atoms. The van der Waals surface area contributed by atoms with Crippen molar-refractivity contribution >= 4 is 11.6 Å². The topological polar surface area (TPSA) is 32.3 Å². The Balaban J connectivity index is 1.98. The van der Waals surface area contributed by atoms with Gasteiger partial charge in [0.05, 0.1) is 0 Å². The van der Waals surface area contributed by atoms with Crippen molar-refractivity contribution in [3.63, 3.8) is 0 Å². The van der Waals surface area contributed by atoms with Crippen LogP contribution < -0.4 is 5.32 Å². The number of hydrogen-bond acceptors (Lipinski definition) is 2. The molecule has 0 radical (unpaired) electrons. The van der Waals surface area contributed by atoms with Gasteiger partial charge in [0.2, 0.25) is 0 Å². The fourth-order valence-electron chi connectivity index (χ4n) is 2.45. The van der Waals surface area contributed by atoms with Crippen molar-refractivity contribution in [2.75, 3.05) is 0 Å². The van der Waals surface area contributed by atoms with E-state index in [0.29, 0.717) is 11.8 Å². The Morgan fingerprint density at radius 1 is 1.10 bits per heavy atom. The van der Waals surface area contributed by atoms with Gasteiger partial charge in [-0.15, -0.1) is 0 Å².